The fourth-order valence-corrected chi connectivity index (χ4v) is 2.22. The van der Waals surface area contributed by atoms with Crippen LogP contribution in [-0.2, 0) is 0 Å². The number of hydrogen-bond donors (Lipinski definition) is 0. The van der Waals surface area contributed by atoms with Crippen molar-refractivity contribution in [2.24, 2.45) is 0 Å². The summed E-state index contributed by atoms with van der Waals surface area (Å²) in [6, 6.07) is 9.85. The van der Waals surface area contributed by atoms with Crippen molar-refractivity contribution >= 4 is 5.65 Å². The van der Waals surface area contributed by atoms with E-state index in [9.17, 15) is 0 Å². The average Bonchev–Trinajstić information content (AvgIpc) is 2.89. The Morgan fingerprint density at radius 3 is 2.65 bits per heavy atom. The summed E-state index contributed by atoms with van der Waals surface area (Å²) >= 11 is 0. The molecule has 0 saturated carbocycles. The van der Waals surface area contributed by atoms with Crippen LogP contribution in [0.3, 0.4) is 0 Å². The second-order valence-electron chi connectivity index (χ2n) is 4.66. The van der Waals surface area contributed by atoms with E-state index in [-0.39, 0.29) is 0 Å². The molecule has 0 aliphatic carbocycles. The number of aromatic nitrogens is 2. The molecule has 0 fully saturated rings. The van der Waals surface area contributed by atoms with Gasteiger partial charge in [0.1, 0.15) is 17.1 Å². The second-order valence-corrected chi connectivity index (χ2v) is 4.66. The minimum absolute atomic E-state index is 0.754. The summed E-state index contributed by atoms with van der Waals surface area (Å²) in [6.45, 7) is 2.06. The minimum atomic E-state index is 0.754. The predicted molar refractivity (Wildman–Crippen MR) is 78.5 cm³/mol. The molecule has 0 radical (unpaired) electrons. The van der Waals surface area contributed by atoms with E-state index in [1.165, 1.54) is 5.56 Å². The standard InChI is InChI=1S/C16H16N2O2/c1-11-6-7-18-10-14(17-16(18)8-11)13-5-4-12(19-2)9-15(13)20-3/h4-10H,1-3H3. The fraction of sp³-hybridized carbons (Fsp3) is 0.188. The number of pyridine rings is 1. The van der Waals surface area contributed by atoms with Crippen LogP contribution in [0.2, 0.25) is 0 Å². The zero-order valence-electron chi connectivity index (χ0n) is 11.8. The molecule has 4 heteroatoms. The molecule has 3 rings (SSSR count). The summed E-state index contributed by atoms with van der Waals surface area (Å²) in [6.07, 6.45) is 4.01. The smallest absolute Gasteiger partial charge is 0.137 e. The molecule has 102 valence electrons. The first kappa shape index (κ1) is 12.5. The Hall–Kier alpha value is -2.49. The third kappa shape index (κ3) is 2.09. The van der Waals surface area contributed by atoms with Crippen molar-refractivity contribution in [1.29, 1.82) is 0 Å². The van der Waals surface area contributed by atoms with Crippen molar-refractivity contribution in [3.63, 3.8) is 0 Å². The lowest BCUT2D eigenvalue weighted by atomic mass is 10.1. The summed E-state index contributed by atoms with van der Waals surface area (Å²) in [5.41, 5.74) is 3.96. The number of aryl methyl sites for hydroxylation is 1. The number of fused-ring (bicyclic) bond motifs is 1. The molecule has 0 amide bonds. The maximum atomic E-state index is 5.43. The molecular weight excluding hydrogens is 252 g/mol. The minimum Gasteiger partial charge on any atom is -0.497 e. The van der Waals surface area contributed by atoms with Gasteiger partial charge in [-0.1, -0.05) is 0 Å². The molecule has 0 bridgehead atoms. The molecule has 3 aromatic rings. The highest BCUT2D eigenvalue weighted by atomic mass is 16.5. The topological polar surface area (TPSA) is 35.8 Å². The number of ether oxygens (including phenoxy) is 2. The molecule has 0 spiro atoms. The van der Waals surface area contributed by atoms with Crippen LogP contribution in [-0.4, -0.2) is 23.6 Å². The Balaban J connectivity index is 2.14. The SMILES string of the molecule is COc1ccc(-c2cn3ccc(C)cc3n2)c(OC)c1. The molecule has 0 aliphatic heterocycles. The number of hydrogen-bond acceptors (Lipinski definition) is 3. The fourth-order valence-electron chi connectivity index (χ4n) is 2.22. The average molecular weight is 268 g/mol. The van der Waals surface area contributed by atoms with Crippen LogP contribution in [0.5, 0.6) is 11.5 Å². The van der Waals surface area contributed by atoms with E-state index in [1.807, 2.05) is 35.0 Å². The quantitative estimate of drug-likeness (QED) is 0.731. The van der Waals surface area contributed by atoms with E-state index < -0.39 is 0 Å². The summed E-state index contributed by atoms with van der Waals surface area (Å²) in [5, 5.41) is 0. The normalized spacial score (nSPS) is 10.8. The van der Waals surface area contributed by atoms with E-state index in [0.717, 1.165) is 28.4 Å². The molecular formula is C16H16N2O2. The zero-order valence-corrected chi connectivity index (χ0v) is 11.8. The molecule has 2 aromatic heterocycles. The highest BCUT2D eigenvalue weighted by Gasteiger charge is 2.11. The van der Waals surface area contributed by atoms with Gasteiger partial charge in [-0.25, -0.2) is 4.98 Å². The van der Waals surface area contributed by atoms with E-state index in [0.29, 0.717) is 0 Å². The van der Waals surface area contributed by atoms with Gasteiger partial charge in [-0.15, -0.1) is 0 Å². The van der Waals surface area contributed by atoms with Crippen molar-refractivity contribution in [3.05, 3.63) is 48.3 Å². The Kier molecular flexibility index (Phi) is 3.06. The van der Waals surface area contributed by atoms with Crippen LogP contribution in [0.25, 0.3) is 16.9 Å². The van der Waals surface area contributed by atoms with Gasteiger partial charge in [0, 0.05) is 24.0 Å². The van der Waals surface area contributed by atoms with E-state index in [2.05, 4.69) is 24.0 Å². The Morgan fingerprint density at radius 2 is 1.90 bits per heavy atom. The maximum Gasteiger partial charge on any atom is 0.137 e. The van der Waals surface area contributed by atoms with Gasteiger partial charge < -0.3 is 13.9 Å². The molecule has 0 aliphatic rings. The van der Waals surface area contributed by atoms with Gasteiger partial charge in [-0.3, -0.25) is 0 Å². The Labute approximate surface area is 117 Å². The first-order chi connectivity index (χ1) is 9.71. The Bertz CT molecular complexity index is 762. The number of nitrogens with zero attached hydrogens (tertiary/aromatic N) is 2. The Morgan fingerprint density at radius 1 is 1.05 bits per heavy atom. The highest BCUT2D eigenvalue weighted by Crippen LogP contribution is 2.32. The van der Waals surface area contributed by atoms with Crippen LogP contribution in [0, 0.1) is 6.92 Å². The van der Waals surface area contributed by atoms with E-state index in [4.69, 9.17) is 9.47 Å². The lowest BCUT2D eigenvalue weighted by Gasteiger charge is -2.08. The largest absolute Gasteiger partial charge is 0.497 e. The van der Waals surface area contributed by atoms with Gasteiger partial charge in [-0.05, 0) is 36.8 Å². The molecule has 0 unspecified atom stereocenters. The number of benzene rings is 1. The number of methoxy groups -OCH3 is 2. The molecule has 0 saturated heterocycles. The van der Waals surface area contributed by atoms with Crippen LogP contribution >= 0.6 is 0 Å². The number of imidazole rings is 1. The van der Waals surface area contributed by atoms with Crippen molar-refractivity contribution in [3.8, 4) is 22.8 Å². The molecule has 20 heavy (non-hydrogen) atoms. The van der Waals surface area contributed by atoms with Crippen molar-refractivity contribution in [2.45, 2.75) is 6.92 Å². The van der Waals surface area contributed by atoms with Gasteiger partial charge in [0.25, 0.3) is 0 Å². The third-order valence-electron chi connectivity index (χ3n) is 3.30. The lowest BCUT2D eigenvalue weighted by molar-refractivity contribution is 0.395. The summed E-state index contributed by atoms with van der Waals surface area (Å²) in [4.78, 5) is 4.65. The zero-order chi connectivity index (χ0) is 14.1. The first-order valence-electron chi connectivity index (χ1n) is 6.39. The van der Waals surface area contributed by atoms with Crippen LogP contribution < -0.4 is 9.47 Å². The van der Waals surface area contributed by atoms with Crippen LogP contribution in [0.4, 0.5) is 0 Å². The predicted octanol–water partition coefficient (Wildman–Crippen LogP) is 3.33. The van der Waals surface area contributed by atoms with E-state index in [1.54, 1.807) is 14.2 Å². The summed E-state index contributed by atoms with van der Waals surface area (Å²) in [7, 11) is 3.29. The number of rotatable bonds is 3. The van der Waals surface area contributed by atoms with E-state index >= 15 is 0 Å². The van der Waals surface area contributed by atoms with Crippen LogP contribution in [0.1, 0.15) is 5.56 Å². The molecule has 4 nitrogen and oxygen atoms in total. The molecule has 1 aromatic carbocycles. The molecule has 0 N–H and O–H groups in total. The van der Waals surface area contributed by atoms with Crippen molar-refractivity contribution in [1.82, 2.24) is 9.38 Å². The highest BCUT2D eigenvalue weighted by molar-refractivity contribution is 5.70. The van der Waals surface area contributed by atoms with Gasteiger partial charge >= 0.3 is 0 Å². The van der Waals surface area contributed by atoms with Gasteiger partial charge in [0.2, 0.25) is 0 Å². The maximum absolute atomic E-state index is 5.43. The first-order valence-corrected chi connectivity index (χ1v) is 6.39. The third-order valence-corrected chi connectivity index (χ3v) is 3.30. The van der Waals surface area contributed by atoms with Gasteiger partial charge in [-0.2, -0.15) is 0 Å². The second kappa shape index (κ2) is 4.89. The van der Waals surface area contributed by atoms with Gasteiger partial charge in [0.05, 0.1) is 19.9 Å². The molecule has 2 heterocycles. The van der Waals surface area contributed by atoms with Crippen LogP contribution in [0.15, 0.2) is 42.7 Å². The van der Waals surface area contributed by atoms with Gasteiger partial charge in [0.15, 0.2) is 0 Å². The summed E-state index contributed by atoms with van der Waals surface area (Å²) < 4.78 is 12.7. The lowest BCUT2D eigenvalue weighted by Crippen LogP contribution is -1.90. The summed E-state index contributed by atoms with van der Waals surface area (Å²) in [5.74, 6) is 1.52. The van der Waals surface area contributed by atoms with Crippen molar-refractivity contribution < 1.29 is 9.47 Å². The van der Waals surface area contributed by atoms with Crippen molar-refractivity contribution in [2.75, 3.05) is 14.2 Å². The monoisotopic (exact) mass is 268 g/mol. The molecule has 0 atom stereocenters.